The van der Waals surface area contributed by atoms with E-state index >= 15 is 0 Å². The molecular weight excluding hydrogens is 424 g/mol. The van der Waals surface area contributed by atoms with Crippen molar-refractivity contribution in [3.63, 3.8) is 0 Å². The number of thiophene rings is 1. The minimum atomic E-state index is -1.12. The number of carbonyl (C=O) groups is 2. The van der Waals surface area contributed by atoms with Crippen LogP contribution in [0.25, 0.3) is 5.76 Å². The van der Waals surface area contributed by atoms with Gasteiger partial charge in [0.15, 0.2) is 0 Å². The molecule has 0 spiro atoms. The van der Waals surface area contributed by atoms with Crippen LogP contribution in [0.1, 0.15) is 22.0 Å². The number of nitrogens with zero attached hydrogens (tertiary/aromatic N) is 1. The first-order chi connectivity index (χ1) is 14.8. The first-order valence-corrected chi connectivity index (χ1v) is 10.2. The highest BCUT2D eigenvalue weighted by atomic mass is 32.1. The molecule has 0 bridgehead atoms. The molecular formula is C23H17F2NO4S. The minimum absolute atomic E-state index is 0.222. The predicted octanol–water partition coefficient (Wildman–Crippen LogP) is 4.97. The molecule has 0 aliphatic carbocycles. The number of rotatable bonds is 4. The number of Topliss-reactive ketones (excluding diaryl/α,β-unsaturated/α-hetero) is 1. The minimum Gasteiger partial charge on any atom is -0.507 e. The van der Waals surface area contributed by atoms with Crippen LogP contribution < -0.4 is 9.64 Å². The van der Waals surface area contributed by atoms with Gasteiger partial charge in [0, 0.05) is 10.9 Å². The number of methoxy groups -OCH3 is 1. The molecule has 158 valence electrons. The Balaban J connectivity index is 1.99. The Morgan fingerprint density at radius 1 is 1.13 bits per heavy atom. The number of aryl methyl sites for hydroxylation is 1. The number of carbonyl (C=O) groups excluding carboxylic acids is 2. The van der Waals surface area contributed by atoms with Gasteiger partial charge in [-0.1, -0.05) is 17.7 Å². The number of anilines is 1. The number of ketones is 1. The third-order valence-corrected chi connectivity index (χ3v) is 5.96. The number of halogens is 2. The normalized spacial score (nSPS) is 17.9. The van der Waals surface area contributed by atoms with Crippen molar-refractivity contribution in [2.24, 2.45) is 0 Å². The molecule has 4 rings (SSSR count). The second-order valence-corrected chi connectivity index (χ2v) is 7.96. The topological polar surface area (TPSA) is 66.8 Å². The average Bonchev–Trinajstić information content (AvgIpc) is 3.36. The highest BCUT2D eigenvalue weighted by molar-refractivity contribution is 7.10. The first-order valence-electron chi connectivity index (χ1n) is 9.28. The third-order valence-electron chi connectivity index (χ3n) is 5.03. The zero-order chi connectivity index (χ0) is 22.3. The van der Waals surface area contributed by atoms with Gasteiger partial charge in [-0.05, 0) is 42.6 Å². The third kappa shape index (κ3) is 3.48. The maximum atomic E-state index is 14.6. The van der Waals surface area contributed by atoms with Crippen molar-refractivity contribution in [3.8, 4) is 5.75 Å². The van der Waals surface area contributed by atoms with Crippen LogP contribution in [0, 0.1) is 18.6 Å². The molecule has 1 unspecified atom stereocenters. The number of aliphatic hydroxyl groups excluding tert-OH is 1. The molecule has 2 aromatic carbocycles. The number of hydrogen-bond acceptors (Lipinski definition) is 5. The fourth-order valence-corrected chi connectivity index (χ4v) is 4.44. The summed E-state index contributed by atoms with van der Waals surface area (Å²) in [7, 11) is 1.42. The van der Waals surface area contributed by atoms with Crippen LogP contribution in [0.3, 0.4) is 0 Å². The summed E-state index contributed by atoms with van der Waals surface area (Å²) in [5.41, 5.74) is 0.415. The van der Waals surface area contributed by atoms with E-state index in [1.807, 2.05) is 0 Å². The molecule has 31 heavy (non-hydrogen) atoms. The first kappa shape index (κ1) is 20.7. The van der Waals surface area contributed by atoms with Gasteiger partial charge in [0.2, 0.25) is 0 Å². The van der Waals surface area contributed by atoms with E-state index in [0.717, 1.165) is 28.7 Å². The number of hydrogen-bond donors (Lipinski definition) is 1. The van der Waals surface area contributed by atoms with Crippen LogP contribution in [0.2, 0.25) is 0 Å². The van der Waals surface area contributed by atoms with Gasteiger partial charge in [-0.3, -0.25) is 14.5 Å². The Hall–Kier alpha value is -3.52. The molecule has 1 fully saturated rings. The van der Waals surface area contributed by atoms with Gasteiger partial charge in [0.05, 0.1) is 23.9 Å². The van der Waals surface area contributed by atoms with E-state index in [1.54, 1.807) is 42.6 Å². The second-order valence-electron chi connectivity index (χ2n) is 6.98. The van der Waals surface area contributed by atoms with E-state index < -0.39 is 35.1 Å². The van der Waals surface area contributed by atoms with Gasteiger partial charge < -0.3 is 9.84 Å². The molecule has 0 saturated carbocycles. The summed E-state index contributed by atoms with van der Waals surface area (Å²) in [6, 6.07) is 9.93. The van der Waals surface area contributed by atoms with Gasteiger partial charge in [0.25, 0.3) is 11.7 Å². The van der Waals surface area contributed by atoms with Crippen molar-refractivity contribution >= 4 is 34.5 Å². The van der Waals surface area contributed by atoms with Crippen molar-refractivity contribution in [2.45, 2.75) is 13.0 Å². The number of ether oxygens (including phenoxy) is 1. The molecule has 1 aliphatic heterocycles. The van der Waals surface area contributed by atoms with Gasteiger partial charge in [-0.15, -0.1) is 11.3 Å². The molecule has 8 heteroatoms. The van der Waals surface area contributed by atoms with Gasteiger partial charge >= 0.3 is 0 Å². The fraction of sp³-hybridized carbons (Fsp3) is 0.130. The molecule has 1 N–H and O–H groups in total. The lowest BCUT2D eigenvalue weighted by atomic mass is 9.98. The maximum Gasteiger partial charge on any atom is 0.300 e. The van der Waals surface area contributed by atoms with Crippen LogP contribution in [0.15, 0.2) is 59.5 Å². The van der Waals surface area contributed by atoms with Crippen molar-refractivity contribution in [1.82, 2.24) is 0 Å². The highest BCUT2D eigenvalue weighted by Gasteiger charge is 2.48. The van der Waals surface area contributed by atoms with Crippen molar-refractivity contribution in [2.75, 3.05) is 12.0 Å². The van der Waals surface area contributed by atoms with Gasteiger partial charge in [-0.2, -0.15) is 0 Å². The van der Waals surface area contributed by atoms with E-state index in [9.17, 15) is 23.5 Å². The number of amides is 1. The Labute approximate surface area is 180 Å². The highest BCUT2D eigenvalue weighted by Crippen LogP contribution is 2.45. The molecule has 1 aromatic heterocycles. The summed E-state index contributed by atoms with van der Waals surface area (Å²) < 4.78 is 33.8. The summed E-state index contributed by atoms with van der Waals surface area (Å²) in [5.74, 6) is -3.83. The van der Waals surface area contributed by atoms with E-state index in [4.69, 9.17) is 4.74 Å². The molecule has 1 aliphatic rings. The quantitative estimate of drug-likeness (QED) is 0.353. The average molecular weight is 441 g/mol. The van der Waals surface area contributed by atoms with Crippen molar-refractivity contribution in [1.29, 1.82) is 0 Å². The fourth-order valence-electron chi connectivity index (χ4n) is 3.62. The van der Waals surface area contributed by atoms with Crippen LogP contribution in [-0.4, -0.2) is 23.9 Å². The Morgan fingerprint density at radius 3 is 2.58 bits per heavy atom. The predicted molar refractivity (Wildman–Crippen MR) is 113 cm³/mol. The Kier molecular flexibility index (Phi) is 5.32. The molecule has 1 atom stereocenters. The van der Waals surface area contributed by atoms with E-state index in [0.29, 0.717) is 10.6 Å². The number of benzene rings is 2. The Morgan fingerprint density at radius 2 is 1.90 bits per heavy atom. The van der Waals surface area contributed by atoms with Gasteiger partial charge in [0.1, 0.15) is 29.2 Å². The molecule has 0 radical (unpaired) electrons. The standard InChI is InChI=1S/C23H17F2NO4S/c1-12-5-8-17(30-2)14(10-12)21(27)19-20(18-4-3-9-31-18)26(23(29)22(19)28)16-11-13(24)6-7-15(16)25/h3-11,20,27H,1-2H3/b21-19-. The second kappa shape index (κ2) is 7.96. The lowest BCUT2D eigenvalue weighted by Crippen LogP contribution is -2.30. The van der Waals surface area contributed by atoms with Crippen LogP contribution in [-0.2, 0) is 9.59 Å². The van der Waals surface area contributed by atoms with E-state index in [1.165, 1.54) is 18.4 Å². The van der Waals surface area contributed by atoms with Crippen LogP contribution in [0.4, 0.5) is 14.5 Å². The van der Waals surface area contributed by atoms with E-state index in [2.05, 4.69) is 0 Å². The molecule has 3 aromatic rings. The lowest BCUT2D eigenvalue weighted by Gasteiger charge is -2.24. The molecule has 1 amide bonds. The molecule has 5 nitrogen and oxygen atoms in total. The SMILES string of the molecule is COc1ccc(C)cc1/C(O)=C1/C(=O)C(=O)N(c2cc(F)ccc2F)C1c1cccs1. The van der Waals surface area contributed by atoms with Gasteiger partial charge in [-0.25, -0.2) is 8.78 Å². The summed E-state index contributed by atoms with van der Waals surface area (Å²) in [6.45, 7) is 1.80. The summed E-state index contributed by atoms with van der Waals surface area (Å²) in [6.07, 6.45) is 0. The monoisotopic (exact) mass is 441 g/mol. The summed E-state index contributed by atoms with van der Waals surface area (Å²) in [5, 5.41) is 12.9. The zero-order valence-corrected chi connectivity index (χ0v) is 17.4. The largest absolute Gasteiger partial charge is 0.507 e. The lowest BCUT2D eigenvalue weighted by molar-refractivity contribution is -0.132. The maximum absolute atomic E-state index is 14.6. The van der Waals surface area contributed by atoms with Crippen molar-refractivity contribution < 1.29 is 28.2 Å². The smallest absolute Gasteiger partial charge is 0.300 e. The molecule has 2 heterocycles. The zero-order valence-electron chi connectivity index (χ0n) is 16.6. The van der Waals surface area contributed by atoms with E-state index in [-0.39, 0.29) is 16.8 Å². The van der Waals surface area contributed by atoms with Crippen LogP contribution >= 0.6 is 11.3 Å². The summed E-state index contributed by atoms with van der Waals surface area (Å²) in [4.78, 5) is 27.4. The summed E-state index contributed by atoms with van der Waals surface area (Å²) >= 11 is 1.22. The molecule has 1 saturated heterocycles. The Bertz CT molecular complexity index is 1220. The number of aliphatic hydroxyl groups is 1. The van der Waals surface area contributed by atoms with Crippen molar-refractivity contribution in [3.05, 3.63) is 87.1 Å². The van der Waals surface area contributed by atoms with Crippen LogP contribution in [0.5, 0.6) is 5.75 Å².